The predicted octanol–water partition coefficient (Wildman–Crippen LogP) is 2.96. The van der Waals surface area contributed by atoms with Crippen molar-refractivity contribution in [3.63, 3.8) is 0 Å². The van der Waals surface area contributed by atoms with Gasteiger partial charge in [0.1, 0.15) is 0 Å². The number of nitrogens with one attached hydrogen (secondary N) is 1. The fourth-order valence-corrected chi connectivity index (χ4v) is 2.46. The van der Waals surface area contributed by atoms with Crippen molar-refractivity contribution in [2.45, 2.75) is 12.8 Å². The third-order valence-corrected chi connectivity index (χ3v) is 3.57. The monoisotopic (exact) mass is 243 g/mol. The van der Waals surface area contributed by atoms with Crippen LogP contribution in [0.2, 0.25) is 0 Å². The summed E-state index contributed by atoms with van der Waals surface area (Å²) in [5, 5.41) is 14.9. The molecule has 5 heteroatoms. The molecule has 3 rings (SSSR count). The molecule has 0 aromatic heterocycles. The minimum Gasteiger partial charge on any atom is -0.279 e. The molecular formula is C13H13N3O2. The van der Waals surface area contributed by atoms with Gasteiger partial charge in [-0.2, -0.15) is 5.10 Å². The lowest BCUT2D eigenvalue weighted by molar-refractivity contribution is -0.384. The minimum atomic E-state index is -0.406. The van der Waals surface area contributed by atoms with Gasteiger partial charge in [0.2, 0.25) is 0 Å². The van der Waals surface area contributed by atoms with Crippen molar-refractivity contribution in [3.05, 3.63) is 46.5 Å². The maximum Gasteiger partial charge on any atom is 0.269 e. The van der Waals surface area contributed by atoms with E-state index in [1.165, 1.54) is 17.8 Å². The van der Waals surface area contributed by atoms with Gasteiger partial charge in [-0.05, 0) is 30.9 Å². The van der Waals surface area contributed by atoms with Gasteiger partial charge >= 0.3 is 0 Å². The van der Waals surface area contributed by atoms with Crippen LogP contribution >= 0.6 is 0 Å². The van der Waals surface area contributed by atoms with Gasteiger partial charge < -0.3 is 0 Å². The van der Waals surface area contributed by atoms with Gasteiger partial charge in [0.15, 0.2) is 0 Å². The molecule has 18 heavy (non-hydrogen) atoms. The van der Waals surface area contributed by atoms with Crippen molar-refractivity contribution in [1.29, 1.82) is 0 Å². The third kappa shape index (κ3) is 1.88. The molecule has 1 aromatic rings. The van der Waals surface area contributed by atoms with Crippen LogP contribution in [-0.2, 0) is 0 Å². The summed E-state index contributed by atoms with van der Waals surface area (Å²) >= 11 is 0. The second-order valence-corrected chi connectivity index (χ2v) is 4.66. The Kier molecular flexibility index (Phi) is 2.59. The van der Waals surface area contributed by atoms with Gasteiger partial charge in [0.05, 0.1) is 10.6 Å². The van der Waals surface area contributed by atoms with Crippen molar-refractivity contribution in [3.8, 4) is 0 Å². The molecule has 0 aliphatic heterocycles. The maximum absolute atomic E-state index is 10.5. The number of nitro groups is 1. The molecule has 5 nitrogen and oxygen atoms in total. The first-order chi connectivity index (χ1) is 8.74. The van der Waals surface area contributed by atoms with Crippen LogP contribution in [0.15, 0.2) is 41.5 Å². The highest BCUT2D eigenvalue weighted by atomic mass is 16.6. The van der Waals surface area contributed by atoms with Gasteiger partial charge in [0, 0.05) is 23.8 Å². The van der Waals surface area contributed by atoms with E-state index in [2.05, 4.69) is 22.7 Å². The Morgan fingerprint density at radius 2 is 2.11 bits per heavy atom. The second-order valence-electron chi connectivity index (χ2n) is 4.66. The number of non-ortho nitro benzene ring substituents is 1. The molecule has 2 atom stereocenters. The number of rotatable bonds is 3. The molecule has 0 bridgehead atoms. The number of hydrogen-bond donors (Lipinski definition) is 1. The molecule has 1 saturated carbocycles. The number of nitro benzene ring substituents is 1. The molecule has 2 aliphatic carbocycles. The number of fused-ring (bicyclic) bond motifs is 1. The van der Waals surface area contributed by atoms with Crippen molar-refractivity contribution in [2.75, 3.05) is 5.43 Å². The maximum atomic E-state index is 10.5. The van der Waals surface area contributed by atoms with Crippen LogP contribution in [0.3, 0.4) is 0 Å². The number of benzene rings is 1. The number of hydrogen-bond acceptors (Lipinski definition) is 4. The first kappa shape index (κ1) is 11.0. The topological polar surface area (TPSA) is 67.5 Å². The van der Waals surface area contributed by atoms with E-state index in [0.29, 0.717) is 11.8 Å². The molecule has 0 amide bonds. The van der Waals surface area contributed by atoms with Crippen LogP contribution < -0.4 is 5.43 Å². The van der Waals surface area contributed by atoms with Crippen LogP contribution in [0.4, 0.5) is 11.4 Å². The quantitative estimate of drug-likeness (QED) is 0.504. The number of anilines is 1. The molecule has 1 fully saturated rings. The Labute approximate surface area is 104 Å². The highest BCUT2D eigenvalue weighted by Crippen LogP contribution is 2.40. The van der Waals surface area contributed by atoms with E-state index in [0.717, 1.165) is 18.5 Å². The lowest BCUT2D eigenvalue weighted by Gasteiger charge is -2.31. The Morgan fingerprint density at radius 1 is 1.33 bits per heavy atom. The minimum absolute atomic E-state index is 0.0944. The lowest BCUT2D eigenvalue weighted by atomic mass is 9.74. The molecule has 0 radical (unpaired) electrons. The zero-order valence-corrected chi connectivity index (χ0v) is 9.74. The number of nitrogens with zero attached hydrogens (tertiary/aromatic N) is 2. The summed E-state index contributed by atoms with van der Waals surface area (Å²) in [6, 6.07) is 6.29. The first-order valence-electron chi connectivity index (χ1n) is 5.97. The van der Waals surface area contributed by atoms with E-state index in [1.807, 2.05) is 0 Å². The van der Waals surface area contributed by atoms with Crippen LogP contribution in [-0.4, -0.2) is 10.6 Å². The Bertz CT molecular complexity index is 534. The molecular weight excluding hydrogens is 230 g/mol. The molecule has 1 N–H and O–H groups in total. The van der Waals surface area contributed by atoms with E-state index in [4.69, 9.17) is 0 Å². The summed E-state index contributed by atoms with van der Waals surface area (Å²) in [6.45, 7) is 0. The van der Waals surface area contributed by atoms with E-state index in [1.54, 1.807) is 12.1 Å². The molecule has 2 aliphatic rings. The molecule has 0 heterocycles. The first-order valence-corrected chi connectivity index (χ1v) is 5.97. The average molecular weight is 243 g/mol. The standard InChI is InChI=1S/C13H13N3O2/c17-16(18)11-6-4-10(5-7-11)14-15-13-8-9-2-1-3-12(9)13/h1-2,4-7,9,12,14H,3,8H2/b15-13-/t9-,12+/m0/s1. The molecule has 1 aromatic carbocycles. The van der Waals surface area contributed by atoms with Crippen LogP contribution in [0.1, 0.15) is 12.8 Å². The van der Waals surface area contributed by atoms with Gasteiger partial charge in [-0.25, -0.2) is 0 Å². The van der Waals surface area contributed by atoms with E-state index < -0.39 is 4.92 Å². The smallest absolute Gasteiger partial charge is 0.269 e. The normalized spacial score (nSPS) is 26.8. The molecule has 0 unspecified atom stereocenters. The van der Waals surface area contributed by atoms with Gasteiger partial charge in [0.25, 0.3) is 5.69 Å². The van der Waals surface area contributed by atoms with E-state index in [9.17, 15) is 10.1 Å². The van der Waals surface area contributed by atoms with Crippen LogP contribution in [0, 0.1) is 22.0 Å². The Morgan fingerprint density at radius 3 is 2.78 bits per heavy atom. The van der Waals surface area contributed by atoms with Gasteiger partial charge in [-0.3, -0.25) is 15.5 Å². The summed E-state index contributed by atoms with van der Waals surface area (Å²) in [4.78, 5) is 10.1. The zero-order chi connectivity index (χ0) is 12.5. The van der Waals surface area contributed by atoms with E-state index >= 15 is 0 Å². The zero-order valence-electron chi connectivity index (χ0n) is 9.74. The summed E-state index contributed by atoms with van der Waals surface area (Å²) in [7, 11) is 0. The van der Waals surface area contributed by atoms with Gasteiger partial charge in [-0.1, -0.05) is 12.2 Å². The summed E-state index contributed by atoms with van der Waals surface area (Å²) in [5.41, 5.74) is 5.03. The second kappa shape index (κ2) is 4.25. The van der Waals surface area contributed by atoms with Crippen molar-refractivity contribution in [2.24, 2.45) is 16.9 Å². The fraction of sp³-hybridized carbons (Fsp3) is 0.308. The molecule has 92 valence electrons. The van der Waals surface area contributed by atoms with Crippen molar-refractivity contribution in [1.82, 2.24) is 0 Å². The van der Waals surface area contributed by atoms with E-state index in [-0.39, 0.29) is 5.69 Å². The molecule has 0 saturated heterocycles. The molecule has 0 spiro atoms. The number of hydrazone groups is 1. The summed E-state index contributed by atoms with van der Waals surface area (Å²) in [6.07, 6.45) is 6.59. The van der Waals surface area contributed by atoms with Crippen molar-refractivity contribution < 1.29 is 4.92 Å². The average Bonchev–Trinajstić information content (AvgIpc) is 2.72. The number of allylic oxidation sites excluding steroid dienone is 2. The lowest BCUT2D eigenvalue weighted by Crippen LogP contribution is -2.33. The predicted molar refractivity (Wildman–Crippen MR) is 69.5 cm³/mol. The van der Waals surface area contributed by atoms with Gasteiger partial charge in [-0.15, -0.1) is 0 Å². The summed E-state index contributed by atoms with van der Waals surface area (Å²) < 4.78 is 0. The van der Waals surface area contributed by atoms with Crippen LogP contribution in [0.25, 0.3) is 0 Å². The third-order valence-electron chi connectivity index (χ3n) is 3.57. The SMILES string of the molecule is O=[N+]([O-])c1ccc(N/N=C2/C[C@@H]3C=CC[C@@H]23)cc1. The fourth-order valence-electron chi connectivity index (χ4n) is 2.46. The van der Waals surface area contributed by atoms with Crippen molar-refractivity contribution >= 4 is 17.1 Å². The Hall–Kier alpha value is -2.17. The Balaban J connectivity index is 1.63. The highest BCUT2D eigenvalue weighted by Gasteiger charge is 2.37. The summed E-state index contributed by atoms with van der Waals surface area (Å²) in [5.74, 6) is 1.26. The largest absolute Gasteiger partial charge is 0.279 e. The van der Waals surface area contributed by atoms with Crippen LogP contribution in [0.5, 0.6) is 0 Å². The highest BCUT2D eigenvalue weighted by molar-refractivity contribution is 5.94.